The molecule has 1 aromatic carbocycles. The van der Waals surface area contributed by atoms with Gasteiger partial charge in [-0.2, -0.15) is 0 Å². The average molecular weight is 298 g/mol. The molecule has 1 unspecified atom stereocenters. The van der Waals surface area contributed by atoms with E-state index in [9.17, 15) is 8.42 Å². The summed E-state index contributed by atoms with van der Waals surface area (Å²) in [7, 11) is -3.20. The van der Waals surface area contributed by atoms with Crippen molar-refractivity contribution in [3.8, 4) is 0 Å². The van der Waals surface area contributed by atoms with Crippen LogP contribution in [-0.2, 0) is 9.84 Å². The van der Waals surface area contributed by atoms with Crippen molar-refractivity contribution in [3.05, 3.63) is 24.3 Å². The van der Waals surface area contributed by atoms with Gasteiger partial charge in [0, 0.05) is 6.54 Å². The third kappa shape index (κ3) is 4.80. The highest BCUT2D eigenvalue weighted by molar-refractivity contribution is 7.91. The molecule has 0 aliphatic heterocycles. The predicted octanol–water partition coefficient (Wildman–Crippen LogP) is 2.66. The number of sulfone groups is 1. The van der Waals surface area contributed by atoms with E-state index >= 15 is 0 Å². The summed E-state index contributed by atoms with van der Waals surface area (Å²) in [5.74, 6) is 0.660. The molecule has 3 N–H and O–H groups in total. The Morgan fingerprint density at radius 2 is 1.95 bits per heavy atom. The summed E-state index contributed by atoms with van der Waals surface area (Å²) in [5, 5.41) is 3.28. The van der Waals surface area contributed by atoms with Crippen LogP contribution < -0.4 is 11.1 Å². The summed E-state index contributed by atoms with van der Waals surface area (Å²) in [6.07, 6.45) is 2.61. The van der Waals surface area contributed by atoms with Crippen molar-refractivity contribution in [1.29, 1.82) is 0 Å². The number of nitrogens with one attached hydrogen (secondary N) is 1. The summed E-state index contributed by atoms with van der Waals surface area (Å²) >= 11 is 0. The second-order valence-electron chi connectivity index (χ2n) is 5.05. The van der Waals surface area contributed by atoms with Crippen LogP contribution >= 0.6 is 0 Å². The van der Waals surface area contributed by atoms with Crippen LogP contribution in [0, 0.1) is 5.92 Å². The Kier molecular flexibility index (Phi) is 7.02. The van der Waals surface area contributed by atoms with Crippen LogP contribution in [-0.4, -0.2) is 27.3 Å². The van der Waals surface area contributed by atoms with Gasteiger partial charge in [0.1, 0.15) is 0 Å². The fourth-order valence-electron chi connectivity index (χ4n) is 2.20. The number of rotatable bonds is 9. The predicted molar refractivity (Wildman–Crippen MR) is 84.7 cm³/mol. The van der Waals surface area contributed by atoms with Crippen LogP contribution in [0.4, 0.5) is 5.69 Å². The fraction of sp³-hybridized carbons (Fsp3) is 0.600. The normalized spacial score (nSPS) is 13.2. The van der Waals surface area contributed by atoms with Gasteiger partial charge in [-0.05, 0) is 37.4 Å². The van der Waals surface area contributed by atoms with E-state index < -0.39 is 9.84 Å². The molecule has 0 aromatic heterocycles. The van der Waals surface area contributed by atoms with Gasteiger partial charge in [-0.15, -0.1) is 0 Å². The first-order valence-electron chi connectivity index (χ1n) is 7.30. The van der Waals surface area contributed by atoms with Gasteiger partial charge in [0.2, 0.25) is 0 Å². The van der Waals surface area contributed by atoms with E-state index in [1.54, 1.807) is 12.1 Å². The molecule has 1 rings (SSSR count). The van der Waals surface area contributed by atoms with Crippen LogP contribution in [0.25, 0.3) is 0 Å². The van der Waals surface area contributed by atoms with Gasteiger partial charge >= 0.3 is 0 Å². The van der Waals surface area contributed by atoms with Gasteiger partial charge in [-0.3, -0.25) is 0 Å². The number of anilines is 1. The monoisotopic (exact) mass is 298 g/mol. The molecule has 114 valence electrons. The smallest absolute Gasteiger partial charge is 0.180 e. The second-order valence-corrected chi connectivity index (χ2v) is 7.13. The van der Waals surface area contributed by atoms with E-state index in [-0.39, 0.29) is 5.75 Å². The van der Waals surface area contributed by atoms with Gasteiger partial charge in [0.25, 0.3) is 0 Å². The minimum atomic E-state index is -3.20. The second kappa shape index (κ2) is 8.27. The molecule has 0 aliphatic rings. The van der Waals surface area contributed by atoms with E-state index in [1.165, 1.54) is 0 Å². The molecule has 0 fully saturated rings. The van der Waals surface area contributed by atoms with E-state index in [0.717, 1.165) is 19.4 Å². The molecule has 1 atom stereocenters. The Morgan fingerprint density at radius 3 is 2.55 bits per heavy atom. The Morgan fingerprint density at radius 1 is 1.25 bits per heavy atom. The largest absolute Gasteiger partial charge is 0.384 e. The first-order chi connectivity index (χ1) is 9.55. The van der Waals surface area contributed by atoms with E-state index in [0.29, 0.717) is 29.5 Å². The van der Waals surface area contributed by atoms with E-state index in [4.69, 9.17) is 5.73 Å². The molecule has 0 saturated heterocycles. The summed E-state index contributed by atoms with van der Waals surface area (Å²) < 4.78 is 24.5. The lowest BCUT2D eigenvalue weighted by Crippen LogP contribution is -2.19. The Labute approximate surface area is 122 Å². The number of para-hydroxylation sites is 1. The van der Waals surface area contributed by atoms with Crippen LogP contribution in [0.15, 0.2) is 29.2 Å². The maximum Gasteiger partial charge on any atom is 0.180 e. The fourth-order valence-corrected chi connectivity index (χ4v) is 3.72. The number of nitrogens with two attached hydrogens (primary N) is 1. The summed E-state index contributed by atoms with van der Waals surface area (Å²) in [4.78, 5) is 0.407. The van der Waals surface area contributed by atoms with Gasteiger partial charge in [-0.1, -0.05) is 32.4 Å². The van der Waals surface area contributed by atoms with Gasteiger partial charge in [0.05, 0.1) is 16.3 Å². The first-order valence-corrected chi connectivity index (χ1v) is 8.96. The molecular formula is C15H26N2O2S. The van der Waals surface area contributed by atoms with E-state index in [2.05, 4.69) is 12.2 Å². The third-order valence-electron chi connectivity index (χ3n) is 3.43. The first kappa shape index (κ1) is 17.0. The minimum absolute atomic E-state index is 0.186. The topological polar surface area (TPSA) is 72.2 Å². The standard InChI is InChI=1S/C15H26N2O2S/c1-3-11-20(18,19)15-8-6-5-7-14(15)17-12-13(4-2)9-10-16/h5-8,13,17H,3-4,9-12,16H2,1-2H3. The summed E-state index contributed by atoms with van der Waals surface area (Å²) in [6, 6.07) is 7.14. The Hall–Kier alpha value is -1.07. The lowest BCUT2D eigenvalue weighted by atomic mass is 10.0. The zero-order valence-electron chi connectivity index (χ0n) is 12.4. The molecule has 0 saturated carbocycles. The molecule has 0 radical (unpaired) electrons. The Bertz CT molecular complexity index is 500. The number of hydrogen-bond acceptors (Lipinski definition) is 4. The van der Waals surface area contributed by atoms with Crippen molar-refractivity contribution in [2.45, 2.75) is 38.0 Å². The summed E-state index contributed by atoms with van der Waals surface area (Å²) in [6.45, 7) is 5.42. The lowest BCUT2D eigenvalue weighted by Gasteiger charge is -2.17. The van der Waals surface area contributed by atoms with Crippen molar-refractivity contribution >= 4 is 15.5 Å². The maximum atomic E-state index is 12.2. The molecule has 4 nitrogen and oxygen atoms in total. The number of hydrogen-bond donors (Lipinski definition) is 2. The molecule has 0 amide bonds. The van der Waals surface area contributed by atoms with Crippen molar-refractivity contribution in [3.63, 3.8) is 0 Å². The average Bonchev–Trinajstić information content (AvgIpc) is 2.43. The van der Waals surface area contributed by atoms with Gasteiger partial charge in [-0.25, -0.2) is 8.42 Å². The molecule has 1 aromatic rings. The van der Waals surface area contributed by atoms with Gasteiger partial charge < -0.3 is 11.1 Å². The van der Waals surface area contributed by atoms with Crippen LogP contribution in [0.3, 0.4) is 0 Å². The maximum absolute atomic E-state index is 12.2. The molecule has 0 bridgehead atoms. The van der Waals surface area contributed by atoms with Gasteiger partial charge in [0.15, 0.2) is 9.84 Å². The van der Waals surface area contributed by atoms with Crippen molar-refractivity contribution in [2.75, 3.05) is 24.2 Å². The Balaban J connectivity index is 2.86. The number of benzene rings is 1. The van der Waals surface area contributed by atoms with E-state index in [1.807, 2.05) is 19.1 Å². The SMILES string of the molecule is CCCS(=O)(=O)c1ccccc1NCC(CC)CCN. The third-order valence-corrected chi connectivity index (χ3v) is 5.40. The van der Waals surface area contributed by atoms with Crippen molar-refractivity contribution in [2.24, 2.45) is 11.7 Å². The highest BCUT2D eigenvalue weighted by atomic mass is 32.2. The van der Waals surface area contributed by atoms with Crippen LogP contribution in [0.1, 0.15) is 33.1 Å². The van der Waals surface area contributed by atoms with Crippen LogP contribution in [0.2, 0.25) is 0 Å². The highest BCUT2D eigenvalue weighted by Gasteiger charge is 2.17. The van der Waals surface area contributed by atoms with Crippen molar-refractivity contribution in [1.82, 2.24) is 0 Å². The molecular weight excluding hydrogens is 272 g/mol. The highest BCUT2D eigenvalue weighted by Crippen LogP contribution is 2.23. The molecule has 0 spiro atoms. The summed E-state index contributed by atoms with van der Waals surface area (Å²) in [5.41, 5.74) is 6.29. The molecule has 5 heteroatoms. The molecule has 0 heterocycles. The quantitative estimate of drug-likeness (QED) is 0.735. The minimum Gasteiger partial charge on any atom is -0.384 e. The lowest BCUT2D eigenvalue weighted by molar-refractivity contribution is 0.501. The zero-order chi connectivity index (χ0) is 15.0. The van der Waals surface area contributed by atoms with Crippen LogP contribution in [0.5, 0.6) is 0 Å². The van der Waals surface area contributed by atoms with Crippen molar-refractivity contribution < 1.29 is 8.42 Å². The molecule has 0 aliphatic carbocycles. The molecule has 20 heavy (non-hydrogen) atoms. The zero-order valence-corrected chi connectivity index (χ0v) is 13.2.